The number of benzene rings is 1. The molecule has 1 saturated carbocycles. The summed E-state index contributed by atoms with van der Waals surface area (Å²) in [6, 6.07) is 8.59. The fourth-order valence-corrected chi connectivity index (χ4v) is 3.07. The molecule has 0 aliphatic heterocycles. The predicted octanol–water partition coefficient (Wildman–Crippen LogP) is 3.29. The molecule has 4 nitrogen and oxygen atoms in total. The summed E-state index contributed by atoms with van der Waals surface area (Å²) in [5, 5.41) is 8.66. The average Bonchev–Trinajstić information content (AvgIpc) is 3.19. The van der Waals surface area contributed by atoms with Crippen molar-refractivity contribution >= 4 is 10.8 Å². The van der Waals surface area contributed by atoms with Gasteiger partial charge in [0.25, 0.3) is 5.56 Å². The van der Waals surface area contributed by atoms with Crippen LogP contribution in [-0.4, -0.2) is 14.8 Å². The Balaban J connectivity index is 2.10. The van der Waals surface area contributed by atoms with Gasteiger partial charge in [0, 0.05) is 23.5 Å². The molecule has 2 aromatic heterocycles. The van der Waals surface area contributed by atoms with Crippen molar-refractivity contribution in [2.75, 3.05) is 0 Å². The van der Waals surface area contributed by atoms with Crippen molar-refractivity contribution < 1.29 is 0 Å². The second-order valence-corrected chi connectivity index (χ2v) is 5.65. The van der Waals surface area contributed by atoms with E-state index in [1.165, 1.54) is 0 Å². The van der Waals surface area contributed by atoms with E-state index in [1.807, 2.05) is 29.0 Å². The highest BCUT2D eigenvalue weighted by Gasteiger charge is 2.27. The number of H-pyrrole nitrogens is 1. The van der Waals surface area contributed by atoms with E-state index in [0.29, 0.717) is 6.04 Å². The molecule has 4 heteroatoms. The Labute approximate surface area is 122 Å². The number of pyridine rings is 1. The number of aryl methyl sites for hydroxylation is 1. The quantitative estimate of drug-likeness (QED) is 0.799. The Morgan fingerprint density at radius 2 is 2.24 bits per heavy atom. The highest BCUT2D eigenvalue weighted by Crippen LogP contribution is 2.36. The maximum Gasteiger partial charge on any atom is 0.259 e. The number of rotatable bonds is 3. The third-order valence-corrected chi connectivity index (χ3v) is 4.24. The van der Waals surface area contributed by atoms with Crippen LogP contribution in [0.3, 0.4) is 0 Å². The zero-order valence-electron chi connectivity index (χ0n) is 12.0. The summed E-state index contributed by atoms with van der Waals surface area (Å²) in [4.78, 5) is 13.0. The molecule has 0 radical (unpaired) electrons. The molecule has 2 heterocycles. The molecule has 1 fully saturated rings. The molecule has 0 spiro atoms. The molecule has 0 atom stereocenters. The van der Waals surface area contributed by atoms with Crippen molar-refractivity contribution in [3.05, 3.63) is 52.7 Å². The van der Waals surface area contributed by atoms with Crippen LogP contribution in [0.4, 0.5) is 0 Å². The number of nitrogens with zero attached hydrogens (tertiary/aromatic N) is 2. The van der Waals surface area contributed by atoms with E-state index in [2.05, 4.69) is 23.2 Å². The molecule has 0 saturated heterocycles. The van der Waals surface area contributed by atoms with E-state index in [4.69, 9.17) is 0 Å². The smallest absolute Gasteiger partial charge is 0.259 e. The SMILES string of the molecule is CCc1cc2cccc(-c3cn[nH]c3)c2c(=O)n1C1CC1. The number of hydrogen-bond donors (Lipinski definition) is 1. The molecule has 4 rings (SSSR count). The lowest BCUT2D eigenvalue weighted by molar-refractivity contribution is 0.670. The maximum absolute atomic E-state index is 13.0. The van der Waals surface area contributed by atoms with Gasteiger partial charge in [-0.3, -0.25) is 9.89 Å². The normalized spacial score (nSPS) is 14.7. The number of aromatic nitrogens is 3. The van der Waals surface area contributed by atoms with Crippen molar-refractivity contribution in [2.24, 2.45) is 0 Å². The van der Waals surface area contributed by atoms with Crippen molar-refractivity contribution in [3.8, 4) is 11.1 Å². The summed E-state index contributed by atoms with van der Waals surface area (Å²) in [6.45, 7) is 2.11. The third-order valence-electron chi connectivity index (χ3n) is 4.24. The van der Waals surface area contributed by atoms with Crippen LogP contribution in [0, 0.1) is 0 Å². The lowest BCUT2D eigenvalue weighted by atomic mass is 10.0. The highest BCUT2D eigenvalue weighted by molar-refractivity contribution is 5.96. The fraction of sp³-hybridized carbons (Fsp3) is 0.294. The summed E-state index contributed by atoms with van der Waals surface area (Å²) in [5.74, 6) is 0. The standard InChI is InChI=1S/C17H17N3O/c1-2-13-8-11-4-3-5-15(12-9-18-19-10-12)16(11)17(21)20(13)14-6-7-14/h3-5,8-10,14H,2,6-7H2,1H3,(H,18,19). The van der Waals surface area contributed by atoms with Crippen molar-refractivity contribution in [2.45, 2.75) is 32.2 Å². The van der Waals surface area contributed by atoms with Gasteiger partial charge >= 0.3 is 0 Å². The van der Waals surface area contributed by atoms with Gasteiger partial charge in [0.15, 0.2) is 0 Å². The second-order valence-electron chi connectivity index (χ2n) is 5.65. The molecule has 3 aromatic rings. The Morgan fingerprint density at radius 3 is 2.90 bits per heavy atom. The number of nitrogens with one attached hydrogen (secondary N) is 1. The van der Waals surface area contributed by atoms with Crippen LogP contribution >= 0.6 is 0 Å². The first-order valence-corrected chi connectivity index (χ1v) is 7.46. The lowest BCUT2D eigenvalue weighted by Crippen LogP contribution is -2.23. The van der Waals surface area contributed by atoms with E-state index >= 15 is 0 Å². The minimum atomic E-state index is 0.142. The minimum absolute atomic E-state index is 0.142. The van der Waals surface area contributed by atoms with Crippen LogP contribution in [0.2, 0.25) is 0 Å². The zero-order valence-corrected chi connectivity index (χ0v) is 12.0. The van der Waals surface area contributed by atoms with Gasteiger partial charge in [-0.05, 0) is 36.3 Å². The van der Waals surface area contributed by atoms with Gasteiger partial charge < -0.3 is 4.57 Å². The van der Waals surface area contributed by atoms with E-state index in [1.54, 1.807) is 6.20 Å². The Bertz CT molecular complexity index is 858. The van der Waals surface area contributed by atoms with Crippen LogP contribution in [-0.2, 0) is 6.42 Å². The first-order valence-electron chi connectivity index (χ1n) is 7.46. The molecule has 1 aliphatic carbocycles. The Kier molecular flexibility index (Phi) is 2.70. The molecule has 0 unspecified atom stereocenters. The molecule has 1 aromatic carbocycles. The molecular formula is C17H17N3O. The van der Waals surface area contributed by atoms with Crippen LogP contribution in [0.15, 0.2) is 41.5 Å². The largest absolute Gasteiger partial charge is 0.309 e. The molecule has 1 N–H and O–H groups in total. The number of hydrogen-bond acceptors (Lipinski definition) is 2. The molecule has 0 bridgehead atoms. The first-order chi connectivity index (χ1) is 10.3. The van der Waals surface area contributed by atoms with Gasteiger partial charge in [-0.1, -0.05) is 25.1 Å². The molecular weight excluding hydrogens is 262 g/mol. The van der Waals surface area contributed by atoms with Gasteiger partial charge in [0.2, 0.25) is 0 Å². The summed E-state index contributed by atoms with van der Waals surface area (Å²) in [7, 11) is 0. The van der Waals surface area contributed by atoms with Crippen LogP contribution < -0.4 is 5.56 Å². The van der Waals surface area contributed by atoms with Crippen molar-refractivity contribution in [3.63, 3.8) is 0 Å². The van der Waals surface area contributed by atoms with Gasteiger partial charge in [0.1, 0.15) is 0 Å². The maximum atomic E-state index is 13.0. The summed E-state index contributed by atoms with van der Waals surface area (Å²) in [6.07, 6.45) is 6.73. The number of fused-ring (bicyclic) bond motifs is 1. The fourth-order valence-electron chi connectivity index (χ4n) is 3.07. The third kappa shape index (κ3) is 1.90. The van der Waals surface area contributed by atoms with E-state index < -0.39 is 0 Å². The Hall–Kier alpha value is -2.36. The summed E-state index contributed by atoms with van der Waals surface area (Å²) >= 11 is 0. The number of aromatic amines is 1. The molecule has 21 heavy (non-hydrogen) atoms. The molecule has 0 amide bonds. The van der Waals surface area contributed by atoms with E-state index in [-0.39, 0.29) is 5.56 Å². The molecule has 1 aliphatic rings. The highest BCUT2D eigenvalue weighted by atomic mass is 16.1. The van der Waals surface area contributed by atoms with E-state index in [0.717, 1.165) is 46.9 Å². The van der Waals surface area contributed by atoms with Gasteiger partial charge in [0.05, 0.1) is 11.6 Å². The van der Waals surface area contributed by atoms with Crippen LogP contribution in [0.1, 0.15) is 31.5 Å². The van der Waals surface area contributed by atoms with Crippen LogP contribution in [0.25, 0.3) is 21.9 Å². The molecule has 106 valence electrons. The van der Waals surface area contributed by atoms with Crippen molar-refractivity contribution in [1.29, 1.82) is 0 Å². The van der Waals surface area contributed by atoms with Gasteiger partial charge in [-0.2, -0.15) is 5.10 Å². The van der Waals surface area contributed by atoms with Gasteiger partial charge in [-0.25, -0.2) is 0 Å². The monoisotopic (exact) mass is 279 g/mol. The van der Waals surface area contributed by atoms with Gasteiger partial charge in [-0.15, -0.1) is 0 Å². The second kappa shape index (κ2) is 4.58. The van der Waals surface area contributed by atoms with E-state index in [9.17, 15) is 4.79 Å². The average molecular weight is 279 g/mol. The predicted molar refractivity (Wildman–Crippen MR) is 83.4 cm³/mol. The minimum Gasteiger partial charge on any atom is -0.309 e. The first kappa shape index (κ1) is 12.4. The zero-order chi connectivity index (χ0) is 14.4. The van der Waals surface area contributed by atoms with Crippen LogP contribution in [0.5, 0.6) is 0 Å². The summed E-state index contributed by atoms with van der Waals surface area (Å²) in [5.41, 5.74) is 3.20. The van der Waals surface area contributed by atoms with Crippen molar-refractivity contribution in [1.82, 2.24) is 14.8 Å². The Morgan fingerprint density at radius 1 is 1.38 bits per heavy atom. The lowest BCUT2D eigenvalue weighted by Gasteiger charge is -2.14. The summed E-state index contributed by atoms with van der Waals surface area (Å²) < 4.78 is 2.01. The topological polar surface area (TPSA) is 50.7 Å².